The number of nitrogens with one attached hydrogen (secondary N) is 1. The predicted molar refractivity (Wildman–Crippen MR) is 80.0 cm³/mol. The summed E-state index contributed by atoms with van der Waals surface area (Å²) in [5, 5.41) is 0.724. The van der Waals surface area contributed by atoms with Crippen molar-refractivity contribution in [1.29, 1.82) is 0 Å². The highest BCUT2D eigenvalue weighted by Crippen LogP contribution is 2.30. The summed E-state index contributed by atoms with van der Waals surface area (Å²) in [5.41, 5.74) is 5.40. The van der Waals surface area contributed by atoms with Crippen LogP contribution in [0.2, 0.25) is 5.02 Å². The van der Waals surface area contributed by atoms with Gasteiger partial charge in [-0.2, -0.15) is 0 Å². The number of fused-ring (bicyclic) bond motifs is 1. The average Bonchev–Trinajstić information content (AvgIpc) is 2.48. The lowest BCUT2D eigenvalue weighted by Crippen LogP contribution is -2.08. The molecule has 100 valence electrons. The molecule has 0 aliphatic heterocycles. The van der Waals surface area contributed by atoms with Crippen LogP contribution in [-0.4, -0.2) is 4.98 Å². The fourth-order valence-corrected chi connectivity index (χ4v) is 2.26. The van der Waals surface area contributed by atoms with Crippen LogP contribution in [0.3, 0.4) is 0 Å². The van der Waals surface area contributed by atoms with Gasteiger partial charge >= 0.3 is 0 Å². The summed E-state index contributed by atoms with van der Waals surface area (Å²) >= 11 is 5.80. The third kappa shape index (κ3) is 2.19. The minimum absolute atomic E-state index is 0.0447. The van der Waals surface area contributed by atoms with Gasteiger partial charge in [0.15, 0.2) is 0 Å². The lowest BCUT2D eigenvalue weighted by molar-refractivity contribution is 0.630. The maximum atomic E-state index is 13.6. The van der Waals surface area contributed by atoms with E-state index in [1.807, 2.05) is 36.4 Å². The van der Waals surface area contributed by atoms with Crippen LogP contribution in [0.25, 0.3) is 22.2 Å². The van der Waals surface area contributed by atoms with Gasteiger partial charge < -0.3 is 5.43 Å². The second-order valence-corrected chi connectivity index (χ2v) is 4.76. The Morgan fingerprint density at radius 3 is 2.55 bits per heavy atom. The van der Waals surface area contributed by atoms with Gasteiger partial charge in [-0.1, -0.05) is 41.9 Å². The molecule has 0 radical (unpaired) electrons. The van der Waals surface area contributed by atoms with E-state index < -0.39 is 5.82 Å². The zero-order valence-corrected chi connectivity index (χ0v) is 11.2. The van der Waals surface area contributed by atoms with E-state index in [9.17, 15) is 4.39 Å². The molecule has 0 saturated carbocycles. The Bertz CT molecular complexity index is 775. The fourth-order valence-electron chi connectivity index (χ4n) is 2.10. The lowest BCUT2D eigenvalue weighted by atomic mass is 10.1. The number of aromatic nitrogens is 1. The molecule has 3 rings (SSSR count). The molecule has 3 aromatic rings. The van der Waals surface area contributed by atoms with Crippen molar-refractivity contribution in [2.24, 2.45) is 5.84 Å². The highest BCUT2D eigenvalue weighted by atomic mass is 35.5. The van der Waals surface area contributed by atoms with Crippen LogP contribution in [0, 0.1) is 5.82 Å². The molecule has 0 fully saturated rings. The molecule has 0 aliphatic rings. The smallest absolute Gasteiger partial charge is 0.143 e. The molecule has 0 saturated heterocycles. The minimum atomic E-state index is -0.500. The molecule has 1 aromatic heterocycles. The van der Waals surface area contributed by atoms with E-state index in [2.05, 4.69) is 10.4 Å². The van der Waals surface area contributed by atoms with E-state index >= 15 is 0 Å². The number of hydrogen-bond acceptors (Lipinski definition) is 3. The van der Waals surface area contributed by atoms with E-state index in [1.165, 1.54) is 12.1 Å². The van der Waals surface area contributed by atoms with Crippen LogP contribution in [0.1, 0.15) is 0 Å². The molecule has 0 spiro atoms. The van der Waals surface area contributed by atoms with Crippen LogP contribution in [0.15, 0.2) is 48.5 Å². The topological polar surface area (TPSA) is 50.9 Å². The maximum absolute atomic E-state index is 13.6. The van der Waals surface area contributed by atoms with Crippen molar-refractivity contribution >= 4 is 28.2 Å². The van der Waals surface area contributed by atoms with Crippen molar-refractivity contribution in [3.8, 4) is 11.3 Å². The Morgan fingerprint density at radius 1 is 1.10 bits per heavy atom. The van der Waals surface area contributed by atoms with Gasteiger partial charge in [-0.3, -0.25) is 5.84 Å². The fraction of sp³-hybridized carbons (Fsp3) is 0. The number of nitrogen functional groups attached to an aromatic ring is 1. The third-order valence-electron chi connectivity index (χ3n) is 3.08. The number of nitrogens with zero attached hydrogens (tertiary/aromatic N) is 1. The standard InChI is InChI=1S/C15H11ClFN3/c16-11-6-10-14(7-12(11)17)19-13(8-15(10)20-18)9-4-2-1-3-5-9/h1-8H,18H2,(H,19,20). The zero-order valence-electron chi connectivity index (χ0n) is 10.4. The molecule has 20 heavy (non-hydrogen) atoms. The number of nitrogens with two attached hydrogens (primary N) is 1. The van der Waals surface area contributed by atoms with Gasteiger partial charge in [0.25, 0.3) is 0 Å². The molecule has 0 atom stereocenters. The van der Waals surface area contributed by atoms with Gasteiger partial charge in [-0.15, -0.1) is 0 Å². The molecule has 3 N–H and O–H groups in total. The Balaban J connectivity index is 2.29. The van der Waals surface area contributed by atoms with Gasteiger partial charge in [0.2, 0.25) is 0 Å². The maximum Gasteiger partial charge on any atom is 0.143 e. The van der Waals surface area contributed by atoms with Crippen LogP contribution < -0.4 is 11.3 Å². The van der Waals surface area contributed by atoms with E-state index in [4.69, 9.17) is 17.4 Å². The molecule has 2 aromatic carbocycles. The third-order valence-corrected chi connectivity index (χ3v) is 3.37. The van der Waals surface area contributed by atoms with E-state index in [0.29, 0.717) is 22.3 Å². The monoisotopic (exact) mass is 287 g/mol. The number of halogens is 2. The minimum Gasteiger partial charge on any atom is -0.323 e. The lowest BCUT2D eigenvalue weighted by Gasteiger charge is -2.10. The van der Waals surface area contributed by atoms with Crippen molar-refractivity contribution < 1.29 is 4.39 Å². The molecule has 3 nitrogen and oxygen atoms in total. The first-order valence-electron chi connectivity index (χ1n) is 6.01. The molecule has 0 unspecified atom stereocenters. The quantitative estimate of drug-likeness (QED) is 0.554. The van der Waals surface area contributed by atoms with Gasteiger partial charge in [0.05, 0.1) is 21.9 Å². The summed E-state index contributed by atoms with van der Waals surface area (Å²) in [6.45, 7) is 0. The Morgan fingerprint density at radius 2 is 1.85 bits per heavy atom. The second-order valence-electron chi connectivity index (χ2n) is 4.35. The average molecular weight is 288 g/mol. The molecule has 5 heteroatoms. The van der Waals surface area contributed by atoms with Crippen LogP contribution in [0.4, 0.5) is 10.1 Å². The number of hydrogen-bond donors (Lipinski definition) is 2. The van der Waals surface area contributed by atoms with Gasteiger partial charge in [0, 0.05) is 17.0 Å². The highest BCUT2D eigenvalue weighted by Gasteiger charge is 2.10. The van der Waals surface area contributed by atoms with Gasteiger partial charge in [0.1, 0.15) is 5.82 Å². The second kappa shape index (κ2) is 5.07. The number of rotatable bonds is 2. The van der Waals surface area contributed by atoms with Crippen molar-refractivity contribution in [2.45, 2.75) is 0 Å². The summed E-state index contributed by atoms with van der Waals surface area (Å²) in [6, 6.07) is 14.3. The Kier molecular flexibility index (Phi) is 3.26. The van der Waals surface area contributed by atoms with E-state index in [1.54, 1.807) is 0 Å². The van der Waals surface area contributed by atoms with Crippen molar-refractivity contribution in [3.63, 3.8) is 0 Å². The first-order valence-corrected chi connectivity index (χ1v) is 6.38. The zero-order chi connectivity index (χ0) is 14.1. The number of anilines is 1. The van der Waals surface area contributed by atoms with Crippen LogP contribution >= 0.6 is 11.6 Å². The summed E-state index contributed by atoms with van der Waals surface area (Å²) in [4.78, 5) is 4.46. The van der Waals surface area contributed by atoms with Gasteiger partial charge in [-0.05, 0) is 12.1 Å². The van der Waals surface area contributed by atoms with Crippen molar-refractivity contribution in [3.05, 3.63) is 59.4 Å². The number of pyridine rings is 1. The first kappa shape index (κ1) is 12.8. The molecule has 0 aliphatic carbocycles. The SMILES string of the molecule is NNc1cc(-c2ccccc2)nc2cc(F)c(Cl)cc12. The first-order chi connectivity index (χ1) is 9.69. The van der Waals surface area contributed by atoms with Gasteiger partial charge in [-0.25, -0.2) is 9.37 Å². The molecule has 0 bridgehead atoms. The summed E-state index contributed by atoms with van der Waals surface area (Å²) in [5.74, 6) is 5.04. The predicted octanol–water partition coefficient (Wildman–Crippen LogP) is 3.98. The normalized spacial score (nSPS) is 10.8. The summed E-state index contributed by atoms with van der Waals surface area (Å²) < 4.78 is 13.6. The van der Waals surface area contributed by atoms with Crippen molar-refractivity contribution in [2.75, 3.05) is 5.43 Å². The Labute approximate surface area is 120 Å². The summed E-state index contributed by atoms with van der Waals surface area (Å²) in [7, 11) is 0. The molecular weight excluding hydrogens is 277 g/mol. The molecular formula is C15H11ClFN3. The number of benzene rings is 2. The van der Waals surface area contributed by atoms with Crippen molar-refractivity contribution in [1.82, 2.24) is 4.98 Å². The van der Waals surface area contributed by atoms with E-state index in [-0.39, 0.29) is 5.02 Å². The van der Waals surface area contributed by atoms with E-state index in [0.717, 1.165) is 5.56 Å². The summed E-state index contributed by atoms with van der Waals surface area (Å²) in [6.07, 6.45) is 0. The molecule has 0 amide bonds. The number of hydrazine groups is 1. The largest absolute Gasteiger partial charge is 0.323 e. The van der Waals surface area contributed by atoms with Crippen LogP contribution in [-0.2, 0) is 0 Å². The highest BCUT2D eigenvalue weighted by molar-refractivity contribution is 6.31. The van der Waals surface area contributed by atoms with Crippen LogP contribution in [0.5, 0.6) is 0 Å². The molecule has 1 heterocycles. The Hall–Kier alpha value is -2.17.